The topological polar surface area (TPSA) is 116 Å². The number of nitrogens with zero attached hydrogens (tertiary/aromatic N) is 3. The number of amides is 1. The van der Waals surface area contributed by atoms with E-state index in [-0.39, 0.29) is 39.9 Å². The van der Waals surface area contributed by atoms with Crippen LogP contribution in [0.4, 0.5) is 10.1 Å². The minimum Gasteiger partial charge on any atom is -0.461 e. The predicted molar refractivity (Wildman–Crippen MR) is 96.8 cm³/mol. The van der Waals surface area contributed by atoms with Crippen LogP contribution in [-0.4, -0.2) is 33.2 Å². The van der Waals surface area contributed by atoms with E-state index in [0.717, 1.165) is 10.6 Å². The molecule has 9 nitrogen and oxygen atoms in total. The lowest BCUT2D eigenvalue weighted by molar-refractivity contribution is -0.116. The van der Waals surface area contributed by atoms with Gasteiger partial charge in [0.1, 0.15) is 23.6 Å². The lowest BCUT2D eigenvalue weighted by Gasteiger charge is -2.10. The van der Waals surface area contributed by atoms with Gasteiger partial charge >= 0.3 is 5.97 Å². The molecule has 0 unspecified atom stereocenters. The fourth-order valence-electron chi connectivity index (χ4n) is 2.49. The molecule has 0 bridgehead atoms. The van der Waals surface area contributed by atoms with Gasteiger partial charge in [-0.05, 0) is 32.0 Å². The summed E-state index contributed by atoms with van der Waals surface area (Å²) in [5, 5.41) is 5.86. The lowest BCUT2D eigenvalue weighted by atomic mass is 10.3. The summed E-state index contributed by atoms with van der Waals surface area (Å²) in [4.78, 5) is 41.1. The van der Waals surface area contributed by atoms with E-state index < -0.39 is 29.8 Å². The number of esters is 1. The average molecular weight is 409 g/mol. The van der Waals surface area contributed by atoms with Crippen molar-refractivity contribution in [3.05, 3.63) is 50.9 Å². The molecular weight excluding hydrogens is 395 g/mol. The van der Waals surface area contributed by atoms with E-state index >= 15 is 0 Å². The molecule has 0 aliphatic carbocycles. The first-order chi connectivity index (χ1) is 13.3. The Morgan fingerprint density at radius 3 is 2.82 bits per heavy atom. The van der Waals surface area contributed by atoms with E-state index in [1.54, 1.807) is 6.92 Å². The van der Waals surface area contributed by atoms with Crippen molar-refractivity contribution < 1.29 is 23.2 Å². The standard InChI is InChI=1S/C17H14ClFN4O5/c1-3-27-17(26)14-13-15(28-22-14)20-8(2)23(16(13)25)7-12(24)21-11-5-4-9(18)6-10(11)19/h4-6H,3,7H2,1-2H3,(H,21,24). The summed E-state index contributed by atoms with van der Waals surface area (Å²) in [6.07, 6.45) is 0. The van der Waals surface area contributed by atoms with Crippen LogP contribution in [0.15, 0.2) is 27.5 Å². The van der Waals surface area contributed by atoms with Gasteiger partial charge in [0.25, 0.3) is 11.3 Å². The number of anilines is 1. The number of hydrogen-bond donors (Lipinski definition) is 1. The Hall–Kier alpha value is -3.27. The van der Waals surface area contributed by atoms with E-state index in [0.29, 0.717) is 0 Å². The van der Waals surface area contributed by atoms with Gasteiger partial charge in [0.2, 0.25) is 11.6 Å². The Bertz CT molecular complexity index is 1140. The first-order valence-electron chi connectivity index (χ1n) is 8.10. The van der Waals surface area contributed by atoms with Crippen molar-refractivity contribution in [2.75, 3.05) is 11.9 Å². The number of fused-ring (bicyclic) bond motifs is 1. The van der Waals surface area contributed by atoms with Gasteiger partial charge in [-0.25, -0.2) is 9.18 Å². The van der Waals surface area contributed by atoms with Gasteiger partial charge in [-0.15, -0.1) is 0 Å². The third-order valence-electron chi connectivity index (χ3n) is 3.76. The van der Waals surface area contributed by atoms with Crippen molar-refractivity contribution in [3.8, 4) is 0 Å². The number of halogens is 2. The molecule has 0 saturated carbocycles. The van der Waals surface area contributed by atoms with Crippen molar-refractivity contribution in [1.82, 2.24) is 14.7 Å². The number of rotatable bonds is 5. The monoisotopic (exact) mass is 408 g/mol. The molecule has 0 fully saturated rings. The average Bonchev–Trinajstić information content (AvgIpc) is 3.05. The van der Waals surface area contributed by atoms with Crippen molar-refractivity contribution in [3.63, 3.8) is 0 Å². The van der Waals surface area contributed by atoms with E-state index in [1.165, 1.54) is 19.1 Å². The first-order valence-corrected chi connectivity index (χ1v) is 8.48. The maximum atomic E-state index is 13.8. The van der Waals surface area contributed by atoms with E-state index in [4.69, 9.17) is 20.9 Å². The Morgan fingerprint density at radius 1 is 1.39 bits per heavy atom. The smallest absolute Gasteiger partial charge is 0.361 e. The zero-order valence-electron chi connectivity index (χ0n) is 14.8. The zero-order valence-corrected chi connectivity index (χ0v) is 15.5. The predicted octanol–water partition coefficient (Wildman–Crippen LogP) is 2.30. The van der Waals surface area contributed by atoms with Gasteiger partial charge in [-0.1, -0.05) is 16.8 Å². The molecule has 0 radical (unpaired) electrons. The van der Waals surface area contributed by atoms with Crippen LogP contribution < -0.4 is 10.9 Å². The Labute approximate surface area is 162 Å². The third kappa shape index (κ3) is 3.72. The number of hydrogen-bond acceptors (Lipinski definition) is 7. The Morgan fingerprint density at radius 2 is 2.14 bits per heavy atom. The fraction of sp³-hybridized carbons (Fsp3) is 0.235. The summed E-state index contributed by atoms with van der Waals surface area (Å²) >= 11 is 5.67. The summed E-state index contributed by atoms with van der Waals surface area (Å²) in [7, 11) is 0. The molecule has 3 rings (SSSR count). The van der Waals surface area contributed by atoms with Gasteiger partial charge in [0, 0.05) is 5.02 Å². The number of carbonyl (C=O) groups is 2. The fourth-order valence-corrected chi connectivity index (χ4v) is 2.65. The molecule has 1 aromatic carbocycles. The molecule has 1 amide bonds. The van der Waals surface area contributed by atoms with Crippen molar-refractivity contribution in [2.45, 2.75) is 20.4 Å². The van der Waals surface area contributed by atoms with E-state index in [9.17, 15) is 18.8 Å². The molecule has 146 valence electrons. The van der Waals surface area contributed by atoms with Gasteiger partial charge in [-0.3, -0.25) is 14.2 Å². The molecule has 0 aliphatic rings. The maximum absolute atomic E-state index is 13.8. The molecule has 28 heavy (non-hydrogen) atoms. The van der Waals surface area contributed by atoms with Crippen molar-refractivity contribution >= 4 is 40.3 Å². The highest BCUT2D eigenvalue weighted by atomic mass is 35.5. The van der Waals surface area contributed by atoms with Gasteiger partial charge in [0.05, 0.1) is 12.3 Å². The highest BCUT2D eigenvalue weighted by Gasteiger charge is 2.24. The highest BCUT2D eigenvalue weighted by molar-refractivity contribution is 6.30. The molecule has 0 saturated heterocycles. The summed E-state index contributed by atoms with van der Waals surface area (Å²) < 4.78 is 24.6. The molecule has 1 N–H and O–H groups in total. The number of aryl methyl sites for hydroxylation is 1. The lowest BCUT2D eigenvalue weighted by Crippen LogP contribution is -2.30. The van der Waals surface area contributed by atoms with Gasteiger partial charge in [0.15, 0.2) is 0 Å². The summed E-state index contributed by atoms with van der Waals surface area (Å²) in [5.74, 6) is -2.09. The molecule has 2 aromatic heterocycles. The largest absolute Gasteiger partial charge is 0.461 e. The number of carbonyl (C=O) groups excluding carboxylic acids is 2. The Kier molecular flexibility index (Phi) is 5.41. The molecule has 0 aliphatic heterocycles. The summed E-state index contributed by atoms with van der Waals surface area (Å²) in [6, 6.07) is 3.75. The SMILES string of the molecule is CCOC(=O)c1noc2nc(C)n(CC(=O)Nc3ccc(Cl)cc3F)c(=O)c12. The maximum Gasteiger partial charge on any atom is 0.361 e. The highest BCUT2D eigenvalue weighted by Crippen LogP contribution is 2.19. The number of ether oxygens (including phenoxy) is 1. The van der Waals surface area contributed by atoms with E-state index in [1.807, 2.05) is 0 Å². The second-order valence-electron chi connectivity index (χ2n) is 5.65. The van der Waals surface area contributed by atoms with Crippen LogP contribution in [-0.2, 0) is 16.1 Å². The molecular formula is C17H14ClFN4O5. The molecule has 2 heterocycles. The van der Waals surface area contributed by atoms with Crippen LogP contribution in [0.25, 0.3) is 11.1 Å². The zero-order chi connectivity index (χ0) is 20.4. The number of nitrogens with one attached hydrogen (secondary N) is 1. The van der Waals surface area contributed by atoms with Crippen molar-refractivity contribution in [2.24, 2.45) is 0 Å². The van der Waals surface area contributed by atoms with Crippen LogP contribution in [0, 0.1) is 12.7 Å². The van der Waals surface area contributed by atoms with Crippen LogP contribution in [0.5, 0.6) is 0 Å². The second-order valence-corrected chi connectivity index (χ2v) is 6.09. The molecule has 11 heteroatoms. The van der Waals surface area contributed by atoms with Crippen molar-refractivity contribution in [1.29, 1.82) is 0 Å². The molecule has 0 spiro atoms. The second kappa shape index (κ2) is 7.77. The normalized spacial score (nSPS) is 10.9. The number of aromatic nitrogens is 3. The summed E-state index contributed by atoms with van der Waals surface area (Å²) in [5.41, 5.74) is -1.27. The van der Waals surface area contributed by atoms with Gasteiger partial charge in [-0.2, -0.15) is 4.98 Å². The van der Waals surface area contributed by atoms with Crippen LogP contribution >= 0.6 is 11.6 Å². The van der Waals surface area contributed by atoms with E-state index in [2.05, 4.69) is 15.5 Å². The first kappa shape index (κ1) is 19.5. The van der Waals surface area contributed by atoms with Crippen LogP contribution in [0.1, 0.15) is 23.2 Å². The van der Waals surface area contributed by atoms with Gasteiger partial charge < -0.3 is 14.6 Å². The third-order valence-corrected chi connectivity index (χ3v) is 4.00. The molecule has 0 atom stereocenters. The minimum absolute atomic E-state index is 0.0791. The number of benzene rings is 1. The van der Waals surface area contributed by atoms with Crippen LogP contribution in [0.3, 0.4) is 0 Å². The quantitative estimate of drug-likeness (QED) is 0.644. The van der Waals surface area contributed by atoms with Crippen LogP contribution in [0.2, 0.25) is 5.02 Å². The molecule has 3 aromatic rings. The summed E-state index contributed by atoms with van der Waals surface area (Å²) in [6.45, 7) is 2.68. The minimum atomic E-state index is -0.844. The Balaban J connectivity index is 1.94.